The number of dihydropyridines is 1. The minimum absolute atomic E-state index is 0.0893. The van der Waals surface area contributed by atoms with Gasteiger partial charge in [0.15, 0.2) is 0 Å². The summed E-state index contributed by atoms with van der Waals surface area (Å²) in [5, 5.41) is 16.8. The molecule has 1 N–H and O–H groups in total. The molecule has 0 radical (unpaired) electrons. The van der Waals surface area contributed by atoms with Gasteiger partial charge < -0.3 is 14.3 Å². The van der Waals surface area contributed by atoms with Gasteiger partial charge in [0, 0.05) is 33.3 Å². The van der Waals surface area contributed by atoms with Crippen molar-refractivity contribution in [1.82, 2.24) is 9.88 Å². The number of nitriles is 1. The van der Waals surface area contributed by atoms with Gasteiger partial charge in [0.2, 0.25) is 0 Å². The monoisotopic (exact) mass is 555 g/mol. The summed E-state index contributed by atoms with van der Waals surface area (Å²) in [6.45, 7) is 4.49. The highest BCUT2D eigenvalue weighted by atomic mass is 16.3. The van der Waals surface area contributed by atoms with E-state index >= 15 is 0 Å². The van der Waals surface area contributed by atoms with Crippen molar-refractivity contribution in [2.24, 2.45) is 5.92 Å². The van der Waals surface area contributed by atoms with Crippen molar-refractivity contribution >= 4 is 44.4 Å². The van der Waals surface area contributed by atoms with Gasteiger partial charge in [-0.15, -0.1) is 0 Å². The number of para-hydroxylation sites is 2. The molecule has 9 rings (SSSR count). The zero-order valence-corrected chi connectivity index (χ0v) is 24.1. The van der Waals surface area contributed by atoms with Crippen LogP contribution in [0, 0.1) is 24.2 Å². The van der Waals surface area contributed by atoms with Crippen LogP contribution in [0.3, 0.4) is 0 Å². The predicted octanol–water partition coefficient (Wildman–Crippen LogP) is 9.47. The second-order valence-electron chi connectivity index (χ2n) is 12.2. The van der Waals surface area contributed by atoms with Gasteiger partial charge in [0.05, 0.1) is 28.7 Å². The second kappa shape index (κ2) is 8.86. The van der Waals surface area contributed by atoms with Gasteiger partial charge in [0.25, 0.3) is 0 Å². The molecule has 0 spiro atoms. The predicted molar refractivity (Wildman–Crippen MR) is 174 cm³/mol. The number of nitrogens with one attached hydrogen (secondary N) is 1. The number of benzene rings is 4. The number of rotatable bonds is 3. The molecule has 3 atom stereocenters. The number of allylic oxidation sites excluding steroid dienone is 3. The van der Waals surface area contributed by atoms with Gasteiger partial charge in [-0.2, -0.15) is 5.26 Å². The van der Waals surface area contributed by atoms with E-state index in [1.165, 1.54) is 38.8 Å². The molecule has 2 aliphatic carbocycles. The molecule has 206 valence electrons. The number of hydrogen-bond acceptors (Lipinski definition) is 3. The van der Waals surface area contributed by atoms with Crippen molar-refractivity contribution in [2.45, 2.75) is 32.2 Å². The van der Waals surface area contributed by atoms with Crippen LogP contribution >= 0.6 is 0 Å². The molecule has 4 nitrogen and oxygen atoms in total. The maximum atomic E-state index is 9.67. The van der Waals surface area contributed by atoms with E-state index in [1.54, 1.807) is 0 Å². The molecule has 0 amide bonds. The Morgan fingerprint density at radius 3 is 2.56 bits per heavy atom. The minimum atomic E-state index is 0.0893. The number of fused-ring (bicyclic) bond motifs is 8. The van der Waals surface area contributed by atoms with E-state index in [0.717, 1.165) is 45.3 Å². The van der Waals surface area contributed by atoms with E-state index in [0.29, 0.717) is 17.4 Å². The van der Waals surface area contributed by atoms with Crippen LogP contribution in [0.25, 0.3) is 50.1 Å². The normalized spacial score (nSPS) is 20.3. The molecule has 3 unspecified atom stereocenters. The topological polar surface area (TPSA) is 53.9 Å². The highest BCUT2D eigenvalue weighted by Crippen LogP contribution is 2.61. The van der Waals surface area contributed by atoms with Crippen LogP contribution in [0.2, 0.25) is 0 Å². The Kier molecular flexibility index (Phi) is 5.02. The van der Waals surface area contributed by atoms with Gasteiger partial charge in [-0.05, 0) is 115 Å². The van der Waals surface area contributed by atoms with Crippen LogP contribution in [0.15, 0.2) is 107 Å². The van der Waals surface area contributed by atoms with Crippen molar-refractivity contribution in [3.8, 4) is 11.8 Å². The third-order valence-electron chi connectivity index (χ3n) is 9.78. The van der Waals surface area contributed by atoms with Crippen molar-refractivity contribution in [2.75, 3.05) is 0 Å². The summed E-state index contributed by atoms with van der Waals surface area (Å²) >= 11 is 0. The van der Waals surface area contributed by atoms with Crippen LogP contribution in [-0.2, 0) is 0 Å². The molecule has 4 heteroatoms. The van der Waals surface area contributed by atoms with E-state index in [-0.39, 0.29) is 6.04 Å². The quantitative estimate of drug-likeness (QED) is 0.237. The van der Waals surface area contributed by atoms with Crippen LogP contribution < -0.4 is 5.32 Å². The molecular weight excluding hydrogens is 526 g/mol. The molecule has 4 aromatic carbocycles. The Morgan fingerprint density at radius 2 is 1.70 bits per heavy atom. The lowest BCUT2D eigenvalue weighted by atomic mass is 9.84. The first-order valence-electron chi connectivity index (χ1n) is 15.0. The van der Waals surface area contributed by atoms with Crippen molar-refractivity contribution in [3.05, 3.63) is 136 Å². The average molecular weight is 556 g/mol. The lowest BCUT2D eigenvalue weighted by molar-refractivity contribution is 0.545. The summed E-state index contributed by atoms with van der Waals surface area (Å²) in [5.41, 5.74) is 12.9. The molecule has 1 fully saturated rings. The van der Waals surface area contributed by atoms with Gasteiger partial charge in [-0.1, -0.05) is 42.5 Å². The zero-order chi connectivity index (χ0) is 28.8. The number of furan rings is 1. The van der Waals surface area contributed by atoms with Crippen LogP contribution in [0.4, 0.5) is 0 Å². The largest absolute Gasteiger partial charge is 0.460 e. The zero-order valence-electron chi connectivity index (χ0n) is 24.1. The lowest BCUT2D eigenvalue weighted by Crippen LogP contribution is -2.21. The Hall–Kier alpha value is -5.27. The summed E-state index contributed by atoms with van der Waals surface area (Å²) < 4.78 is 8.77. The van der Waals surface area contributed by atoms with Gasteiger partial charge in [-0.3, -0.25) is 0 Å². The molecule has 3 aliphatic rings. The summed E-state index contributed by atoms with van der Waals surface area (Å²) in [7, 11) is 0. The smallest absolute Gasteiger partial charge is 0.134 e. The molecule has 43 heavy (non-hydrogen) atoms. The third-order valence-corrected chi connectivity index (χ3v) is 9.78. The molecule has 1 saturated carbocycles. The molecule has 6 aromatic rings. The summed E-state index contributed by atoms with van der Waals surface area (Å²) in [6, 6.07) is 30.2. The molecule has 2 aromatic heterocycles. The van der Waals surface area contributed by atoms with Crippen LogP contribution in [0.1, 0.15) is 58.9 Å². The van der Waals surface area contributed by atoms with Crippen molar-refractivity contribution in [1.29, 1.82) is 5.26 Å². The molecule has 3 heterocycles. The van der Waals surface area contributed by atoms with Crippen molar-refractivity contribution in [3.63, 3.8) is 0 Å². The van der Waals surface area contributed by atoms with Gasteiger partial charge in [-0.25, -0.2) is 0 Å². The maximum Gasteiger partial charge on any atom is 0.134 e. The van der Waals surface area contributed by atoms with E-state index in [2.05, 4.69) is 115 Å². The molecule has 0 saturated heterocycles. The second-order valence-corrected chi connectivity index (χ2v) is 12.2. The first-order chi connectivity index (χ1) is 21.1. The fourth-order valence-electron chi connectivity index (χ4n) is 7.56. The standard InChI is InChI=1S/C39H29N3O/c1-22-8-7-15-41-38(22)29-18-25(42-35-11-5-3-9-26(35)32-16-24(21-40)13-14-36(32)42)17-28(23(29)2)30-19-33-27-10-4-6-12-37(27)43-39(33)34-20-31(30)34/h3-19,31,34,38,41H,20H2,1-2H3. The molecule has 0 bridgehead atoms. The molecular formula is C39H29N3O. The third kappa shape index (κ3) is 3.49. The Balaban J connectivity index is 1.34. The van der Waals surface area contributed by atoms with Crippen LogP contribution in [-0.4, -0.2) is 4.57 Å². The van der Waals surface area contributed by atoms with E-state index in [1.807, 2.05) is 18.3 Å². The number of hydrogen-bond donors (Lipinski definition) is 1. The minimum Gasteiger partial charge on any atom is -0.460 e. The molecule has 1 aliphatic heterocycles. The maximum absolute atomic E-state index is 9.67. The SMILES string of the molecule is CC1=CC=CNC1c1cc(-n2c3ccccc3c3cc(C#N)ccc32)cc(C2=Cc3c(oc4ccccc34)C3CC23)c1C. The van der Waals surface area contributed by atoms with Crippen LogP contribution in [0.5, 0.6) is 0 Å². The Morgan fingerprint density at radius 1 is 0.884 bits per heavy atom. The summed E-state index contributed by atoms with van der Waals surface area (Å²) in [5.74, 6) is 2.04. The number of aromatic nitrogens is 1. The first-order valence-corrected chi connectivity index (χ1v) is 15.0. The highest BCUT2D eigenvalue weighted by molar-refractivity contribution is 6.10. The van der Waals surface area contributed by atoms with Gasteiger partial charge >= 0.3 is 0 Å². The highest BCUT2D eigenvalue weighted by Gasteiger charge is 2.48. The van der Waals surface area contributed by atoms with E-state index in [9.17, 15) is 5.26 Å². The van der Waals surface area contributed by atoms with Gasteiger partial charge in [0.1, 0.15) is 11.3 Å². The Bertz CT molecular complexity index is 2300. The summed E-state index contributed by atoms with van der Waals surface area (Å²) in [4.78, 5) is 0. The summed E-state index contributed by atoms with van der Waals surface area (Å²) in [6.07, 6.45) is 9.86. The first kappa shape index (κ1) is 24.3. The average Bonchev–Trinajstić information content (AvgIpc) is 3.66. The fourth-order valence-corrected chi connectivity index (χ4v) is 7.56. The van der Waals surface area contributed by atoms with Crippen molar-refractivity contribution < 1.29 is 4.42 Å². The van der Waals surface area contributed by atoms with E-state index in [4.69, 9.17) is 4.42 Å². The van der Waals surface area contributed by atoms with E-state index < -0.39 is 0 Å². The fraction of sp³-hybridized carbons (Fsp3) is 0.154. The lowest BCUT2D eigenvalue weighted by Gasteiger charge is -2.27. The number of nitrogens with zero attached hydrogens (tertiary/aromatic N) is 2. The Labute approximate surface area is 249 Å².